The topological polar surface area (TPSA) is 91.8 Å². The first-order chi connectivity index (χ1) is 12.1. The van der Waals surface area contributed by atoms with Crippen molar-refractivity contribution in [1.82, 2.24) is 25.4 Å². The molecule has 0 fully saturated rings. The highest BCUT2D eigenvalue weighted by molar-refractivity contribution is 7.71. The van der Waals surface area contributed by atoms with Gasteiger partial charge < -0.3 is 15.2 Å². The number of aromatic nitrogens is 3. The van der Waals surface area contributed by atoms with Crippen LogP contribution in [0.1, 0.15) is 18.3 Å². The molecule has 8 heteroatoms. The first-order valence-corrected chi connectivity index (χ1v) is 8.42. The molecule has 0 bridgehead atoms. The quantitative estimate of drug-likeness (QED) is 0.491. The van der Waals surface area contributed by atoms with Gasteiger partial charge in [0.05, 0.1) is 6.54 Å². The number of carbonyl (C=O) groups is 2. The molecule has 1 aromatic carbocycles. The summed E-state index contributed by atoms with van der Waals surface area (Å²) in [4.78, 5) is 23.5. The van der Waals surface area contributed by atoms with Gasteiger partial charge in [-0.25, -0.2) is 0 Å². The lowest BCUT2D eigenvalue weighted by atomic mass is 10.2. The molecule has 3 N–H and O–H groups in total. The Hall–Kier alpha value is -2.74. The van der Waals surface area contributed by atoms with Crippen LogP contribution in [0.3, 0.4) is 0 Å². The van der Waals surface area contributed by atoms with Gasteiger partial charge in [0.25, 0.3) is 0 Å². The van der Waals surface area contributed by atoms with Crippen LogP contribution in [0.25, 0.3) is 6.08 Å². The van der Waals surface area contributed by atoms with Crippen molar-refractivity contribution in [1.29, 1.82) is 0 Å². The molecule has 0 spiro atoms. The summed E-state index contributed by atoms with van der Waals surface area (Å²) in [7, 11) is 0. The second kappa shape index (κ2) is 9.53. The van der Waals surface area contributed by atoms with Crippen LogP contribution in [0.2, 0.25) is 0 Å². The van der Waals surface area contributed by atoms with Crippen molar-refractivity contribution < 1.29 is 9.59 Å². The second-order valence-electron chi connectivity index (χ2n) is 5.26. The van der Waals surface area contributed by atoms with Crippen molar-refractivity contribution in [3.8, 4) is 0 Å². The van der Waals surface area contributed by atoms with E-state index in [4.69, 9.17) is 12.2 Å². The van der Waals surface area contributed by atoms with Gasteiger partial charge in [-0.05, 0) is 23.9 Å². The second-order valence-corrected chi connectivity index (χ2v) is 5.65. The Balaban J connectivity index is 1.70. The number of H-pyrrole nitrogens is 1. The van der Waals surface area contributed by atoms with Gasteiger partial charge in [-0.3, -0.25) is 14.7 Å². The van der Waals surface area contributed by atoms with Crippen molar-refractivity contribution in [3.63, 3.8) is 0 Å². The zero-order valence-corrected chi connectivity index (χ0v) is 14.8. The van der Waals surface area contributed by atoms with Crippen molar-refractivity contribution in [2.45, 2.75) is 19.9 Å². The molecule has 2 rings (SSSR count). The normalized spacial score (nSPS) is 10.8. The van der Waals surface area contributed by atoms with Crippen LogP contribution in [0.4, 0.5) is 0 Å². The zero-order valence-electron chi connectivity index (χ0n) is 14.0. The summed E-state index contributed by atoms with van der Waals surface area (Å²) in [5, 5.41) is 12.1. The van der Waals surface area contributed by atoms with Crippen molar-refractivity contribution in [2.24, 2.45) is 0 Å². The van der Waals surface area contributed by atoms with E-state index in [0.717, 1.165) is 17.8 Å². The van der Waals surface area contributed by atoms with Crippen LogP contribution in [0.15, 0.2) is 36.4 Å². The van der Waals surface area contributed by atoms with Gasteiger partial charge in [-0.2, -0.15) is 5.10 Å². The summed E-state index contributed by atoms with van der Waals surface area (Å²) >= 11 is 5.14. The third-order valence-corrected chi connectivity index (χ3v) is 3.77. The number of aromatic amines is 1. The van der Waals surface area contributed by atoms with Crippen LogP contribution in [0, 0.1) is 4.77 Å². The Morgan fingerprint density at radius 1 is 1.28 bits per heavy atom. The van der Waals surface area contributed by atoms with Crippen molar-refractivity contribution in [3.05, 3.63) is 52.6 Å². The first kappa shape index (κ1) is 18.6. The van der Waals surface area contributed by atoms with Gasteiger partial charge in [0.1, 0.15) is 5.82 Å². The van der Waals surface area contributed by atoms with Crippen LogP contribution in [-0.2, 0) is 22.6 Å². The summed E-state index contributed by atoms with van der Waals surface area (Å²) < 4.78 is 2.38. The number of benzene rings is 1. The van der Waals surface area contributed by atoms with Crippen molar-refractivity contribution >= 4 is 30.1 Å². The molecule has 0 radical (unpaired) electrons. The van der Waals surface area contributed by atoms with E-state index in [-0.39, 0.29) is 18.4 Å². The number of amides is 2. The Labute approximate surface area is 151 Å². The number of hydrogen-bond acceptors (Lipinski definition) is 4. The monoisotopic (exact) mass is 359 g/mol. The average molecular weight is 359 g/mol. The number of rotatable bonds is 8. The summed E-state index contributed by atoms with van der Waals surface area (Å²) in [5.41, 5.74) is 0.922. The van der Waals surface area contributed by atoms with Gasteiger partial charge in [0, 0.05) is 25.6 Å². The molecule has 132 valence electrons. The molecule has 0 aliphatic rings. The van der Waals surface area contributed by atoms with E-state index in [1.165, 1.54) is 6.08 Å². The molecule has 0 atom stereocenters. The predicted octanol–water partition coefficient (Wildman–Crippen LogP) is 1.45. The molecule has 0 saturated heterocycles. The fourth-order valence-corrected chi connectivity index (χ4v) is 2.43. The van der Waals surface area contributed by atoms with Gasteiger partial charge in [-0.1, -0.05) is 37.3 Å². The van der Waals surface area contributed by atoms with Gasteiger partial charge in [0.2, 0.25) is 11.8 Å². The lowest BCUT2D eigenvalue weighted by Crippen LogP contribution is -2.37. The number of carbonyl (C=O) groups excluding carboxylic acids is 2. The Morgan fingerprint density at radius 3 is 2.76 bits per heavy atom. The minimum Gasteiger partial charge on any atom is -0.353 e. The molecule has 2 amide bonds. The van der Waals surface area contributed by atoms with E-state index in [0.29, 0.717) is 17.9 Å². The highest BCUT2D eigenvalue weighted by atomic mass is 32.1. The minimum atomic E-state index is -0.315. The summed E-state index contributed by atoms with van der Waals surface area (Å²) in [6.45, 7) is 2.86. The Kier molecular flexibility index (Phi) is 7.09. The smallest absolute Gasteiger partial charge is 0.244 e. The summed E-state index contributed by atoms with van der Waals surface area (Å²) in [6, 6.07) is 9.47. The maximum absolute atomic E-state index is 11.8. The van der Waals surface area contributed by atoms with Crippen LogP contribution < -0.4 is 10.6 Å². The lowest BCUT2D eigenvalue weighted by molar-refractivity contribution is -0.123. The molecule has 25 heavy (non-hydrogen) atoms. The van der Waals surface area contributed by atoms with E-state index >= 15 is 0 Å². The van der Waals surface area contributed by atoms with Gasteiger partial charge in [-0.15, -0.1) is 0 Å². The fraction of sp³-hybridized carbons (Fsp3) is 0.294. The molecule has 1 aromatic heterocycles. The SMILES string of the molecule is CCc1n[nH]c(=S)n1CCNC(=O)CNC(=O)/C=C\c1ccccc1. The maximum atomic E-state index is 11.8. The zero-order chi connectivity index (χ0) is 18.1. The van der Waals surface area contributed by atoms with E-state index in [1.54, 1.807) is 6.08 Å². The molecule has 2 aromatic rings. The standard InChI is InChI=1S/C17H21N5O2S/c1-2-14-20-21-17(25)22(14)11-10-18-16(24)12-19-15(23)9-8-13-6-4-3-5-7-13/h3-9H,2,10-12H2,1H3,(H,18,24)(H,19,23)(H,21,25)/b9-8-. The summed E-state index contributed by atoms with van der Waals surface area (Å²) in [5.74, 6) is 0.275. The van der Waals surface area contributed by atoms with Crippen LogP contribution in [0.5, 0.6) is 0 Å². The number of hydrogen-bond donors (Lipinski definition) is 3. The summed E-state index contributed by atoms with van der Waals surface area (Å²) in [6.07, 6.45) is 3.85. The molecule has 7 nitrogen and oxygen atoms in total. The number of nitrogens with zero attached hydrogens (tertiary/aromatic N) is 2. The molecular weight excluding hydrogens is 338 g/mol. The highest BCUT2D eigenvalue weighted by Gasteiger charge is 2.06. The maximum Gasteiger partial charge on any atom is 0.244 e. The number of nitrogens with one attached hydrogen (secondary N) is 3. The largest absolute Gasteiger partial charge is 0.353 e. The van der Waals surface area contributed by atoms with E-state index in [1.807, 2.05) is 41.8 Å². The van der Waals surface area contributed by atoms with E-state index in [2.05, 4.69) is 20.8 Å². The molecule has 0 unspecified atom stereocenters. The van der Waals surface area contributed by atoms with Crippen molar-refractivity contribution in [2.75, 3.05) is 13.1 Å². The van der Waals surface area contributed by atoms with Crippen LogP contribution in [-0.4, -0.2) is 39.7 Å². The van der Waals surface area contributed by atoms with E-state index in [9.17, 15) is 9.59 Å². The Bertz CT molecular complexity index is 795. The highest BCUT2D eigenvalue weighted by Crippen LogP contribution is 2.00. The average Bonchev–Trinajstić information content (AvgIpc) is 2.99. The molecule has 1 heterocycles. The van der Waals surface area contributed by atoms with Gasteiger partial charge in [0.15, 0.2) is 4.77 Å². The first-order valence-electron chi connectivity index (χ1n) is 8.02. The number of aryl methyl sites for hydroxylation is 1. The van der Waals surface area contributed by atoms with Gasteiger partial charge >= 0.3 is 0 Å². The fourth-order valence-electron chi connectivity index (χ4n) is 2.18. The lowest BCUT2D eigenvalue weighted by Gasteiger charge is -2.08. The molecule has 0 aliphatic carbocycles. The molecular formula is C17H21N5O2S. The molecule has 0 saturated carbocycles. The van der Waals surface area contributed by atoms with Crippen LogP contribution >= 0.6 is 12.2 Å². The minimum absolute atomic E-state index is 0.0740. The Morgan fingerprint density at radius 2 is 2.04 bits per heavy atom. The van der Waals surface area contributed by atoms with E-state index < -0.39 is 0 Å². The third kappa shape index (κ3) is 6.00. The molecule has 0 aliphatic heterocycles. The predicted molar refractivity (Wildman–Crippen MR) is 98.3 cm³/mol. The third-order valence-electron chi connectivity index (χ3n) is 3.46.